The first-order valence-electron chi connectivity index (χ1n) is 8.62. The number of nitrogens with zero attached hydrogens (tertiary/aromatic N) is 4. The van der Waals surface area contributed by atoms with Crippen LogP contribution in [0.5, 0.6) is 11.6 Å². The van der Waals surface area contributed by atoms with Gasteiger partial charge < -0.3 is 15.8 Å². The number of rotatable bonds is 4. The molecule has 0 fully saturated rings. The number of hydrogen-bond acceptors (Lipinski definition) is 6. The number of fused-ring (bicyclic) bond motifs is 1. The first kappa shape index (κ1) is 19.8. The molecule has 0 amide bonds. The molecule has 0 radical (unpaired) electrons. The van der Waals surface area contributed by atoms with E-state index < -0.39 is 22.2 Å². The fourth-order valence-corrected chi connectivity index (χ4v) is 3.11. The highest BCUT2D eigenvalue weighted by molar-refractivity contribution is 6.35. The number of benzene rings is 2. The molecule has 0 spiro atoms. The van der Waals surface area contributed by atoms with Gasteiger partial charge in [-0.05, 0) is 38.1 Å². The van der Waals surface area contributed by atoms with Crippen LogP contribution in [0.25, 0.3) is 11.0 Å². The van der Waals surface area contributed by atoms with Crippen LogP contribution in [0.4, 0.5) is 30.8 Å². The van der Waals surface area contributed by atoms with Crippen LogP contribution in [0.1, 0.15) is 11.3 Å². The molecule has 154 valence electrons. The molecule has 0 atom stereocenters. The molecule has 4 rings (SSSR count). The molecule has 30 heavy (non-hydrogen) atoms. The third kappa shape index (κ3) is 3.45. The van der Waals surface area contributed by atoms with E-state index in [1.165, 1.54) is 6.92 Å². The summed E-state index contributed by atoms with van der Waals surface area (Å²) in [4.78, 5) is 11.8. The molecule has 0 saturated carbocycles. The Balaban J connectivity index is 1.60. The van der Waals surface area contributed by atoms with Crippen LogP contribution >= 0.6 is 11.6 Å². The molecule has 0 aliphatic carbocycles. The van der Waals surface area contributed by atoms with Crippen LogP contribution in [0, 0.1) is 25.5 Å². The van der Waals surface area contributed by atoms with Gasteiger partial charge in [-0.1, -0.05) is 16.1 Å². The van der Waals surface area contributed by atoms with Gasteiger partial charge in [-0.25, -0.2) is 18.7 Å². The molecule has 2 aromatic carbocycles. The van der Waals surface area contributed by atoms with Crippen LogP contribution < -0.4 is 15.8 Å². The number of ether oxygens (including phenoxy) is 1. The van der Waals surface area contributed by atoms with Gasteiger partial charge >= 0.3 is 0 Å². The summed E-state index contributed by atoms with van der Waals surface area (Å²) in [7, 11) is 0. The number of aromatic nitrogens is 4. The normalized spacial score (nSPS) is 11.1. The average Bonchev–Trinajstić information content (AvgIpc) is 3.02. The number of aryl methyl sites for hydroxylation is 1. The molecular weight excluding hydrogens is 421 g/mol. The Hall–Kier alpha value is -3.53. The number of nitrogens with one attached hydrogen (secondary N) is 1. The van der Waals surface area contributed by atoms with E-state index in [-0.39, 0.29) is 33.6 Å². The summed E-state index contributed by atoms with van der Waals surface area (Å²) in [6, 6.07) is 7.97. The Morgan fingerprint density at radius 1 is 1.07 bits per heavy atom. The molecule has 3 N–H and O–H groups in total. The minimum atomic E-state index is -1.07. The first-order valence-corrected chi connectivity index (χ1v) is 9.00. The predicted octanol–water partition coefficient (Wildman–Crippen LogP) is 5.23. The summed E-state index contributed by atoms with van der Waals surface area (Å²) >= 11 is 5.86. The van der Waals surface area contributed by atoms with Crippen LogP contribution in [0.3, 0.4) is 0 Å². The Morgan fingerprint density at radius 2 is 1.77 bits per heavy atom. The minimum absolute atomic E-state index is 0.0140. The monoisotopic (exact) mass is 434 g/mol. The quantitative estimate of drug-likeness (QED) is 0.428. The number of imidazole rings is 1. The molecule has 7 nitrogen and oxygen atoms in total. The maximum Gasteiger partial charge on any atom is 0.237 e. The van der Waals surface area contributed by atoms with Crippen molar-refractivity contribution in [3.8, 4) is 11.6 Å². The van der Waals surface area contributed by atoms with Gasteiger partial charge in [0.05, 0.1) is 0 Å². The second-order valence-corrected chi connectivity index (χ2v) is 6.82. The van der Waals surface area contributed by atoms with Crippen LogP contribution in [-0.4, -0.2) is 19.7 Å². The number of halogens is 4. The molecular formula is C19H14ClF3N6O. The Kier molecular flexibility index (Phi) is 4.86. The molecule has 0 bridgehead atoms. The molecule has 2 aromatic heterocycles. The van der Waals surface area contributed by atoms with Crippen LogP contribution in [-0.2, 0) is 0 Å². The Labute approximate surface area is 173 Å². The second-order valence-electron chi connectivity index (χ2n) is 6.44. The number of anilines is 3. The first-order chi connectivity index (χ1) is 14.2. The maximum atomic E-state index is 14.6. The summed E-state index contributed by atoms with van der Waals surface area (Å²) in [6.07, 6.45) is 0. The zero-order valence-electron chi connectivity index (χ0n) is 15.7. The highest BCUT2D eigenvalue weighted by atomic mass is 35.5. The van der Waals surface area contributed by atoms with E-state index in [0.29, 0.717) is 17.1 Å². The van der Waals surface area contributed by atoms with Gasteiger partial charge in [-0.2, -0.15) is 4.98 Å². The van der Waals surface area contributed by atoms with Gasteiger partial charge in [-0.15, -0.1) is 4.79 Å². The Morgan fingerprint density at radius 3 is 2.43 bits per heavy atom. The third-order valence-electron chi connectivity index (χ3n) is 4.27. The van der Waals surface area contributed by atoms with Crippen molar-refractivity contribution >= 4 is 40.2 Å². The number of nitrogens with two attached hydrogens (primary N) is 1. The van der Waals surface area contributed by atoms with Gasteiger partial charge in [0.1, 0.15) is 27.6 Å². The van der Waals surface area contributed by atoms with E-state index in [2.05, 4.69) is 20.3 Å². The summed E-state index contributed by atoms with van der Waals surface area (Å²) in [5.41, 5.74) is 5.41. The van der Waals surface area contributed by atoms with Crippen molar-refractivity contribution in [3.63, 3.8) is 0 Å². The molecule has 0 aliphatic heterocycles. The third-order valence-corrected chi connectivity index (χ3v) is 4.62. The van der Waals surface area contributed by atoms with Crippen molar-refractivity contribution in [1.29, 1.82) is 0 Å². The SMILES string of the molecule is Cc1cc(Oc2ccc(Nc3nc4c(Cl)c(F)c(C)c(F)c4n3F)cc2)nc(N)n1. The van der Waals surface area contributed by atoms with Crippen molar-refractivity contribution in [1.82, 2.24) is 19.7 Å². The topological polar surface area (TPSA) is 90.9 Å². The maximum absolute atomic E-state index is 14.6. The molecule has 2 heterocycles. The summed E-state index contributed by atoms with van der Waals surface area (Å²) < 4.78 is 48.5. The van der Waals surface area contributed by atoms with Crippen molar-refractivity contribution in [2.24, 2.45) is 0 Å². The van der Waals surface area contributed by atoms with E-state index in [1.54, 1.807) is 37.3 Å². The number of hydrogen-bond donors (Lipinski definition) is 2. The summed E-state index contributed by atoms with van der Waals surface area (Å²) in [5, 5.41) is 2.24. The van der Waals surface area contributed by atoms with Crippen molar-refractivity contribution < 1.29 is 18.0 Å². The molecule has 0 aliphatic rings. The fourth-order valence-electron chi connectivity index (χ4n) is 2.83. The zero-order chi connectivity index (χ0) is 21.6. The average molecular weight is 435 g/mol. The van der Waals surface area contributed by atoms with Crippen molar-refractivity contribution in [2.75, 3.05) is 11.1 Å². The van der Waals surface area contributed by atoms with Gasteiger partial charge in [-0.3, -0.25) is 0 Å². The standard InChI is InChI=1S/C19H14ClF3N6O/c1-8-7-12(27-18(24)25-8)30-11-5-3-10(4-6-11)26-19-28-16-13(20)14(21)9(2)15(22)17(16)29(19)23/h3-7H,1-2H3,(H,26,28)(H2,24,25,27). The van der Waals surface area contributed by atoms with Gasteiger partial charge in [0, 0.05) is 23.0 Å². The second kappa shape index (κ2) is 7.38. The van der Waals surface area contributed by atoms with Gasteiger partial charge in [0.15, 0.2) is 5.82 Å². The molecule has 0 saturated heterocycles. The smallest absolute Gasteiger partial charge is 0.237 e. The van der Waals surface area contributed by atoms with E-state index in [4.69, 9.17) is 22.1 Å². The van der Waals surface area contributed by atoms with E-state index >= 15 is 0 Å². The molecule has 0 unspecified atom stereocenters. The van der Waals surface area contributed by atoms with Gasteiger partial charge in [0.25, 0.3) is 0 Å². The lowest BCUT2D eigenvalue weighted by Gasteiger charge is -2.08. The van der Waals surface area contributed by atoms with E-state index in [9.17, 15) is 13.3 Å². The van der Waals surface area contributed by atoms with E-state index in [1.807, 2.05) is 0 Å². The Bertz CT molecular complexity index is 1260. The summed E-state index contributed by atoms with van der Waals surface area (Å²) in [5.74, 6) is -1.61. The van der Waals surface area contributed by atoms with Gasteiger partial charge in [0.2, 0.25) is 17.8 Å². The minimum Gasteiger partial charge on any atom is -0.439 e. The summed E-state index contributed by atoms with van der Waals surface area (Å²) in [6.45, 7) is 2.92. The largest absolute Gasteiger partial charge is 0.439 e. The highest BCUT2D eigenvalue weighted by Gasteiger charge is 2.23. The lowest BCUT2D eigenvalue weighted by molar-refractivity contribution is 0.386. The zero-order valence-corrected chi connectivity index (χ0v) is 16.4. The van der Waals surface area contributed by atoms with Crippen LogP contribution in [0.2, 0.25) is 5.02 Å². The van der Waals surface area contributed by atoms with E-state index in [0.717, 1.165) is 0 Å². The predicted molar refractivity (Wildman–Crippen MR) is 107 cm³/mol. The van der Waals surface area contributed by atoms with Crippen molar-refractivity contribution in [3.05, 3.63) is 58.2 Å². The molecule has 11 heteroatoms. The lowest BCUT2D eigenvalue weighted by Crippen LogP contribution is -1.99. The number of nitrogen functional groups attached to an aromatic ring is 1. The highest BCUT2D eigenvalue weighted by Crippen LogP contribution is 2.34. The van der Waals surface area contributed by atoms with Crippen molar-refractivity contribution in [2.45, 2.75) is 13.8 Å². The lowest BCUT2D eigenvalue weighted by atomic mass is 10.2. The van der Waals surface area contributed by atoms with Crippen LogP contribution in [0.15, 0.2) is 30.3 Å². The molecule has 4 aromatic rings. The fraction of sp³-hybridized carbons (Fsp3) is 0.105.